The van der Waals surface area contributed by atoms with E-state index in [0.717, 1.165) is 17.1 Å². The van der Waals surface area contributed by atoms with Crippen LogP contribution in [0.25, 0.3) is 0 Å². The first-order valence-corrected chi connectivity index (χ1v) is 4.89. The normalized spacial score (nSPS) is 15.7. The van der Waals surface area contributed by atoms with Crippen molar-refractivity contribution in [1.29, 1.82) is 0 Å². The molecular weight excluding hydrogens is 194 g/mol. The summed E-state index contributed by atoms with van der Waals surface area (Å²) in [4.78, 5) is 1.97. The van der Waals surface area contributed by atoms with Crippen LogP contribution in [0.5, 0.6) is 11.5 Å². The first-order valence-electron chi connectivity index (χ1n) is 4.89. The van der Waals surface area contributed by atoms with Crippen LogP contribution < -0.4 is 9.47 Å². The molecule has 1 atom stereocenters. The van der Waals surface area contributed by atoms with Crippen LogP contribution in [-0.2, 0) is 0 Å². The van der Waals surface area contributed by atoms with E-state index in [0.29, 0.717) is 0 Å². The summed E-state index contributed by atoms with van der Waals surface area (Å²) in [6, 6.07) is 5.75. The van der Waals surface area contributed by atoms with Crippen molar-refractivity contribution < 1.29 is 14.6 Å². The van der Waals surface area contributed by atoms with Gasteiger partial charge in [0.15, 0.2) is 11.5 Å². The van der Waals surface area contributed by atoms with Gasteiger partial charge in [0.25, 0.3) is 0 Å². The fourth-order valence-corrected chi connectivity index (χ4v) is 1.69. The third-order valence-electron chi connectivity index (χ3n) is 2.58. The highest BCUT2D eigenvalue weighted by atomic mass is 16.7. The number of aliphatic hydroxyl groups is 1. The predicted octanol–water partition coefficient (Wildman–Crippen LogP) is 1.01. The zero-order valence-electron chi connectivity index (χ0n) is 8.93. The van der Waals surface area contributed by atoms with E-state index in [1.165, 1.54) is 0 Å². The second-order valence-corrected chi connectivity index (χ2v) is 3.77. The Morgan fingerprint density at radius 2 is 2.07 bits per heavy atom. The molecule has 0 saturated carbocycles. The van der Waals surface area contributed by atoms with Gasteiger partial charge in [-0.3, -0.25) is 0 Å². The molecule has 1 N–H and O–H groups in total. The van der Waals surface area contributed by atoms with Crippen molar-refractivity contribution in [3.8, 4) is 11.5 Å². The molecule has 1 aromatic rings. The molecule has 0 radical (unpaired) electrons. The van der Waals surface area contributed by atoms with Gasteiger partial charge >= 0.3 is 0 Å². The summed E-state index contributed by atoms with van der Waals surface area (Å²) in [6.07, 6.45) is 0. The van der Waals surface area contributed by atoms with Crippen molar-refractivity contribution in [3.63, 3.8) is 0 Å². The molecule has 0 aromatic heterocycles. The zero-order valence-corrected chi connectivity index (χ0v) is 8.93. The number of hydrogen-bond acceptors (Lipinski definition) is 4. The van der Waals surface area contributed by atoms with Gasteiger partial charge in [-0.2, -0.15) is 0 Å². The van der Waals surface area contributed by atoms with Crippen LogP contribution in [0.3, 0.4) is 0 Å². The predicted molar refractivity (Wildman–Crippen MR) is 56.1 cm³/mol. The maximum absolute atomic E-state index is 9.28. The molecule has 0 amide bonds. The van der Waals surface area contributed by atoms with Crippen LogP contribution in [0, 0.1) is 0 Å². The van der Waals surface area contributed by atoms with E-state index >= 15 is 0 Å². The topological polar surface area (TPSA) is 41.9 Å². The first-order chi connectivity index (χ1) is 7.22. The van der Waals surface area contributed by atoms with E-state index in [1.54, 1.807) is 0 Å². The maximum Gasteiger partial charge on any atom is 0.231 e. The summed E-state index contributed by atoms with van der Waals surface area (Å²) in [5.41, 5.74) is 1.03. The molecule has 0 fully saturated rings. The lowest BCUT2D eigenvalue weighted by Gasteiger charge is -2.22. The van der Waals surface area contributed by atoms with Gasteiger partial charge in [0.1, 0.15) is 0 Å². The quantitative estimate of drug-likeness (QED) is 0.806. The molecule has 0 bridgehead atoms. The minimum atomic E-state index is -0.000463. The fraction of sp³-hybridized carbons (Fsp3) is 0.455. The lowest BCUT2D eigenvalue weighted by molar-refractivity contribution is 0.169. The van der Waals surface area contributed by atoms with Crippen molar-refractivity contribution >= 4 is 0 Å². The first kappa shape index (κ1) is 10.3. The third-order valence-corrected chi connectivity index (χ3v) is 2.58. The molecule has 15 heavy (non-hydrogen) atoms. The highest BCUT2D eigenvalue weighted by Crippen LogP contribution is 2.34. The Morgan fingerprint density at radius 1 is 1.33 bits per heavy atom. The number of nitrogens with zero attached hydrogens (tertiary/aromatic N) is 1. The van der Waals surface area contributed by atoms with Gasteiger partial charge in [-0.1, -0.05) is 6.07 Å². The fourth-order valence-electron chi connectivity index (χ4n) is 1.69. The van der Waals surface area contributed by atoms with Gasteiger partial charge in [-0.05, 0) is 31.8 Å². The average molecular weight is 209 g/mol. The monoisotopic (exact) mass is 209 g/mol. The summed E-state index contributed by atoms with van der Waals surface area (Å²) >= 11 is 0. The van der Waals surface area contributed by atoms with Crippen LogP contribution >= 0.6 is 0 Å². The summed E-state index contributed by atoms with van der Waals surface area (Å²) in [7, 11) is 3.87. The molecule has 1 unspecified atom stereocenters. The largest absolute Gasteiger partial charge is 0.454 e. The van der Waals surface area contributed by atoms with Crippen molar-refractivity contribution in [2.75, 3.05) is 27.5 Å². The number of ether oxygens (including phenoxy) is 2. The third kappa shape index (κ3) is 1.91. The standard InChI is InChI=1S/C11H15NO3/c1-12(2)9(6-13)8-3-4-10-11(5-8)15-7-14-10/h3-5,9,13H,6-7H2,1-2H3. The average Bonchev–Trinajstić information content (AvgIpc) is 2.65. The molecule has 0 saturated heterocycles. The summed E-state index contributed by atoms with van der Waals surface area (Å²) < 4.78 is 10.5. The van der Waals surface area contributed by atoms with Gasteiger partial charge < -0.3 is 19.5 Å². The SMILES string of the molecule is CN(C)C(CO)c1ccc2c(c1)OCO2. The number of likely N-dealkylation sites (N-methyl/N-ethyl adjacent to an activating group) is 1. The lowest BCUT2D eigenvalue weighted by Crippen LogP contribution is -2.22. The Morgan fingerprint density at radius 3 is 2.73 bits per heavy atom. The van der Waals surface area contributed by atoms with Crippen molar-refractivity contribution in [2.24, 2.45) is 0 Å². The zero-order chi connectivity index (χ0) is 10.8. The van der Waals surface area contributed by atoms with Crippen LogP contribution in [0.2, 0.25) is 0 Å². The Kier molecular flexibility index (Phi) is 2.79. The summed E-state index contributed by atoms with van der Waals surface area (Å²) in [5, 5.41) is 9.28. The van der Waals surface area contributed by atoms with E-state index in [9.17, 15) is 5.11 Å². The molecule has 82 valence electrons. The van der Waals surface area contributed by atoms with E-state index in [2.05, 4.69) is 0 Å². The van der Waals surface area contributed by atoms with E-state index in [1.807, 2.05) is 37.2 Å². The van der Waals surface area contributed by atoms with Crippen LogP contribution in [0.4, 0.5) is 0 Å². The Bertz CT molecular complexity index is 352. The Balaban J connectivity index is 2.28. The van der Waals surface area contributed by atoms with Gasteiger partial charge in [0, 0.05) is 0 Å². The van der Waals surface area contributed by atoms with Crippen molar-refractivity contribution in [2.45, 2.75) is 6.04 Å². The van der Waals surface area contributed by atoms with Gasteiger partial charge in [-0.25, -0.2) is 0 Å². The molecule has 0 spiro atoms. The van der Waals surface area contributed by atoms with Crippen LogP contribution in [0.1, 0.15) is 11.6 Å². The van der Waals surface area contributed by atoms with E-state index in [-0.39, 0.29) is 19.4 Å². The van der Waals surface area contributed by atoms with Crippen molar-refractivity contribution in [3.05, 3.63) is 23.8 Å². The number of benzene rings is 1. The molecular formula is C11H15NO3. The maximum atomic E-state index is 9.28. The summed E-state index contributed by atoms with van der Waals surface area (Å²) in [6.45, 7) is 0.372. The smallest absolute Gasteiger partial charge is 0.231 e. The molecule has 1 heterocycles. The molecule has 1 aliphatic rings. The highest BCUT2D eigenvalue weighted by Gasteiger charge is 2.18. The van der Waals surface area contributed by atoms with Crippen molar-refractivity contribution in [1.82, 2.24) is 4.90 Å². The second-order valence-electron chi connectivity index (χ2n) is 3.77. The Hall–Kier alpha value is -1.26. The Labute approximate surface area is 89.0 Å². The molecule has 4 nitrogen and oxygen atoms in total. The number of fused-ring (bicyclic) bond motifs is 1. The molecule has 1 aromatic carbocycles. The minimum Gasteiger partial charge on any atom is -0.454 e. The summed E-state index contributed by atoms with van der Waals surface area (Å²) in [5.74, 6) is 1.53. The minimum absolute atomic E-state index is 0.000463. The highest BCUT2D eigenvalue weighted by molar-refractivity contribution is 5.45. The van der Waals surface area contributed by atoms with Crippen LogP contribution in [0.15, 0.2) is 18.2 Å². The van der Waals surface area contributed by atoms with Gasteiger partial charge in [0.2, 0.25) is 6.79 Å². The van der Waals surface area contributed by atoms with Gasteiger partial charge in [-0.15, -0.1) is 0 Å². The number of aliphatic hydroxyl groups excluding tert-OH is 1. The van der Waals surface area contributed by atoms with E-state index < -0.39 is 0 Å². The van der Waals surface area contributed by atoms with E-state index in [4.69, 9.17) is 9.47 Å². The lowest BCUT2D eigenvalue weighted by atomic mass is 10.1. The second kappa shape index (κ2) is 4.08. The molecule has 1 aliphatic heterocycles. The number of rotatable bonds is 3. The molecule has 4 heteroatoms. The van der Waals surface area contributed by atoms with Crippen LogP contribution in [-0.4, -0.2) is 37.5 Å². The van der Waals surface area contributed by atoms with Gasteiger partial charge in [0.05, 0.1) is 12.6 Å². The molecule has 0 aliphatic carbocycles. The number of hydrogen-bond donors (Lipinski definition) is 1. The molecule has 2 rings (SSSR count).